The fourth-order valence-corrected chi connectivity index (χ4v) is 7.13. The van der Waals surface area contributed by atoms with Gasteiger partial charge in [0.2, 0.25) is 11.4 Å². The molecule has 2 aromatic carbocycles. The molecule has 0 radical (unpaired) electrons. The van der Waals surface area contributed by atoms with Crippen LogP contribution in [-0.2, 0) is 18.5 Å². The van der Waals surface area contributed by atoms with E-state index in [1.165, 1.54) is 85.4 Å². The van der Waals surface area contributed by atoms with E-state index >= 15 is 0 Å². The smallest absolute Gasteiger partial charge is 0.417 e. The molecule has 1 atom stereocenters. The number of hydrogen-bond donors (Lipinski definition) is 0. The van der Waals surface area contributed by atoms with Crippen molar-refractivity contribution in [3.63, 3.8) is 0 Å². The first kappa shape index (κ1) is 20.5. The van der Waals surface area contributed by atoms with Crippen LogP contribution < -0.4 is 9.13 Å². The van der Waals surface area contributed by atoms with Gasteiger partial charge in [0, 0.05) is 40.6 Å². The first-order valence-electron chi connectivity index (χ1n) is 13.2. The summed E-state index contributed by atoms with van der Waals surface area (Å²) in [6.07, 6.45) is 9.35. The summed E-state index contributed by atoms with van der Waals surface area (Å²) in [6, 6.07) is 18.6. The van der Waals surface area contributed by atoms with Gasteiger partial charge in [0.15, 0.2) is 12.4 Å². The molecule has 3 aliphatic rings. The zero-order chi connectivity index (χ0) is 24.3. The molecular formula is C33H30N2O+2. The Labute approximate surface area is 211 Å². The molecule has 0 saturated carbocycles. The van der Waals surface area contributed by atoms with Gasteiger partial charge in [-0.1, -0.05) is 11.6 Å². The molecule has 3 aromatic heterocycles. The van der Waals surface area contributed by atoms with Crippen LogP contribution in [-0.4, -0.2) is 0 Å². The van der Waals surface area contributed by atoms with Gasteiger partial charge in [-0.15, -0.1) is 9.13 Å². The molecule has 0 bridgehead atoms. The summed E-state index contributed by atoms with van der Waals surface area (Å²) in [5.74, 6) is 1.20. The second-order valence-corrected chi connectivity index (χ2v) is 11.2. The van der Waals surface area contributed by atoms with Gasteiger partial charge in [-0.2, -0.15) is 0 Å². The van der Waals surface area contributed by atoms with Crippen molar-refractivity contribution in [2.45, 2.75) is 59.0 Å². The molecule has 5 aromatic rings. The maximum absolute atomic E-state index is 6.74. The number of rotatable bonds is 0. The summed E-state index contributed by atoms with van der Waals surface area (Å²) in [5.41, 5.74) is 14.9. The van der Waals surface area contributed by atoms with Gasteiger partial charge in [0.05, 0.1) is 5.56 Å². The van der Waals surface area contributed by atoms with E-state index in [4.69, 9.17) is 4.42 Å². The van der Waals surface area contributed by atoms with Crippen molar-refractivity contribution < 1.29 is 13.6 Å². The Hall–Kier alpha value is -3.72. The molecular weight excluding hydrogens is 440 g/mol. The quantitative estimate of drug-likeness (QED) is 0.236. The van der Waals surface area contributed by atoms with Crippen LogP contribution in [0.1, 0.15) is 57.5 Å². The number of pyridine rings is 2. The lowest BCUT2D eigenvalue weighted by molar-refractivity contribution is -0.955. The molecule has 1 spiro atoms. The Kier molecular flexibility index (Phi) is 3.83. The van der Waals surface area contributed by atoms with Gasteiger partial charge in [0.25, 0.3) is 0 Å². The summed E-state index contributed by atoms with van der Waals surface area (Å²) in [4.78, 5) is 0. The van der Waals surface area contributed by atoms with E-state index < -0.39 is 5.66 Å². The van der Waals surface area contributed by atoms with E-state index in [2.05, 4.69) is 97.8 Å². The minimum Gasteiger partial charge on any atom is -0.460 e. The molecule has 0 amide bonds. The summed E-state index contributed by atoms with van der Waals surface area (Å²) in [7, 11) is 0. The minimum atomic E-state index is -0.479. The number of fused-ring (bicyclic) bond motifs is 14. The first-order chi connectivity index (χ1) is 17.5. The fraction of sp³-hybridized carbons (Fsp3) is 0.273. The lowest BCUT2D eigenvalue weighted by Gasteiger charge is -2.18. The number of hydrogen-bond acceptors (Lipinski definition) is 1. The fourth-order valence-electron chi connectivity index (χ4n) is 7.13. The van der Waals surface area contributed by atoms with Crippen LogP contribution >= 0.6 is 0 Å². The predicted molar refractivity (Wildman–Crippen MR) is 141 cm³/mol. The molecule has 1 aliphatic carbocycles. The van der Waals surface area contributed by atoms with E-state index in [0.29, 0.717) is 0 Å². The second kappa shape index (κ2) is 6.73. The Morgan fingerprint density at radius 1 is 0.722 bits per heavy atom. The highest BCUT2D eigenvalue weighted by Crippen LogP contribution is 2.50. The third-order valence-electron chi connectivity index (χ3n) is 8.93. The van der Waals surface area contributed by atoms with E-state index in [1.807, 2.05) is 0 Å². The number of aromatic nitrogens is 2. The third-order valence-corrected chi connectivity index (χ3v) is 8.93. The predicted octanol–water partition coefficient (Wildman–Crippen LogP) is 6.38. The van der Waals surface area contributed by atoms with Crippen molar-refractivity contribution in [1.29, 1.82) is 0 Å². The largest absolute Gasteiger partial charge is 0.460 e. The lowest BCUT2D eigenvalue weighted by Crippen LogP contribution is -2.71. The van der Waals surface area contributed by atoms with E-state index in [1.54, 1.807) is 0 Å². The SMILES string of the molecule is Cc1ccc2c(c1)C1(c3ccc4c5c(oc4c3-c3ccc(C)c[n+]31)CCCC5)[n+]1cc(C)c(C)cc1-2. The number of nitrogens with zero attached hydrogens (tertiary/aromatic N) is 2. The molecule has 176 valence electrons. The molecule has 0 saturated heterocycles. The van der Waals surface area contributed by atoms with Crippen LogP contribution in [0.2, 0.25) is 0 Å². The zero-order valence-corrected chi connectivity index (χ0v) is 21.4. The van der Waals surface area contributed by atoms with Gasteiger partial charge >= 0.3 is 5.66 Å². The van der Waals surface area contributed by atoms with E-state index in [9.17, 15) is 0 Å². The van der Waals surface area contributed by atoms with E-state index in [-0.39, 0.29) is 0 Å². The van der Waals surface area contributed by atoms with Crippen molar-refractivity contribution in [3.05, 3.63) is 106 Å². The molecule has 36 heavy (non-hydrogen) atoms. The average Bonchev–Trinajstić information content (AvgIpc) is 3.47. The van der Waals surface area contributed by atoms with Crippen LogP contribution in [0.5, 0.6) is 0 Å². The van der Waals surface area contributed by atoms with Crippen molar-refractivity contribution >= 4 is 11.0 Å². The topological polar surface area (TPSA) is 20.9 Å². The van der Waals surface area contributed by atoms with E-state index in [0.717, 1.165) is 18.4 Å². The summed E-state index contributed by atoms with van der Waals surface area (Å²) in [6.45, 7) is 8.86. The van der Waals surface area contributed by atoms with Crippen LogP contribution in [0.25, 0.3) is 33.5 Å². The normalized spacial score (nSPS) is 18.8. The number of aryl methyl sites for hydroxylation is 6. The maximum atomic E-state index is 6.74. The summed E-state index contributed by atoms with van der Waals surface area (Å²) in [5, 5.41) is 1.31. The molecule has 8 rings (SSSR count). The molecule has 3 nitrogen and oxygen atoms in total. The second-order valence-electron chi connectivity index (χ2n) is 11.2. The molecule has 5 heterocycles. The Morgan fingerprint density at radius 3 is 2.42 bits per heavy atom. The van der Waals surface area contributed by atoms with Gasteiger partial charge in [-0.05, 0) is 82.9 Å². The molecule has 0 fully saturated rings. The van der Waals surface area contributed by atoms with Gasteiger partial charge < -0.3 is 4.42 Å². The lowest BCUT2D eigenvalue weighted by atomic mass is 9.87. The van der Waals surface area contributed by atoms with Gasteiger partial charge in [-0.3, -0.25) is 0 Å². The minimum absolute atomic E-state index is 0.479. The number of furan rings is 1. The molecule has 1 unspecified atom stereocenters. The zero-order valence-electron chi connectivity index (χ0n) is 21.4. The maximum Gasteiger partial charge on any atom is 0.417 e. The first-order valence-corrected chi connectivity index (χ1v) is 13.2. The summed E-state index contributed by atoms with van der Waals surface area (Å²) >= 11 is 0. The van der Waals surface area contributed by atoms with Gasteiger partial charge in [0.1, 0.15) is 28.0 Å². The highest BCUT2D eigenvalue weighted by Gasteiger charge is 2.67. The van der Waals surface area contributed by atoms with Crippen molar-refractivity contribution in [2.24, 2.45) is 0 Å². The highest BCUT2D eigenvalue weighted by atomic mass is 16.3. The van der Waals surface area contributed by atoms with Crippen molar-refractivity contribution in [1.82, 2.24) is 0 Å². The number of benzene rings is 2. The van der Waals surface area contributed by atoms with Crippen molar-refractivity contribution in [3.8, 4) is 22.5 Å². The molecule has 3 heteroatoms. The van der Waals surface area contributed by atoms with Crippen LogP contribution in [0.4, 0.5) is 0 Å². The van der Waals surface area contributed by atoms with Crippen LogP contribution in [0.3, 0.4) is 0 Å². The molecule has 2 aliphatic heterocycles. The van der Waals surface area contributed by atoms with Crippen LogP contribution in [0.15, 0.2) is 65.3 Å². The summed E-state index contributed by atoms with van der Waals surface area (Å²) < 4.78 is 11.8. The standard InChI is InChI=1S/C33H30N2O/c1-19-9-11-25-27(15-19)33(35-18-22(4)21(3)16-29(25)35)26-13-12-24-23-7-5-6-8-30(23)36-32(24)31(26)28-14-10-20(2)17-34(28)33/h9-18H,5-8H2,1-4H3/q+2. The Bertz CT molecular complexity index is 1790. The van der Waals surface area contributed by atoms with Gasteiger partial charge in [-0.25, -0.2) is 0 Å². The molecule has 0 N–H and O–H groups in total. The third kappa shape index (κ3) is 2.30. The highest BCUT2D eigenvalue weighted by molar-refractivity contribution is 5.97. The van der Waals surface area contributed by atoms with Crippen molar-refractivity contribution in [2.75, 3.05) is 0 Å². The Morgan fingerprint density at radius 2 is 1.53 bits per heavy atom. The monoisotopic (exact) mass is 470 g/mol. The van der Waals surface area contributed by atoms with Crippen LogP contribution in [0, 0.1) is 27.7 Å². The average molecular weight is 471 g/mol. The Balaban J connectivity index is 1.59.